The molecule has 0 saturated carbocycles. The van der Waals surface area contributed by atoms with Crippen molar-refractivity contribution in [2.24, 2.45) is 0 Å². The van der Waals surface area contributed by atoms with Gasteiger partial charge in [0.25, 0.3) is 5.91 Å². The first kappa shape index (κ1) is 11.8. The molecule has 0 aromatic heterocycles. The van der Waals surface area contributed by atoms with Crippen LogP contribution in [0.1, 0.15) is 19.8 Å². The van der Waals surface area contributed by atoms with E-state index in [-0.39, 0.29) is 18.0 Å². The summed E-state index contributed by atoms with van der Waals surface area (Å²) in [7, 11) is 0. The Morgan fingerprint density at radius 3 is 2.46 bits per heavy atom. The molecule has 0 unspecified atom stereocenters. The number of hydrogen-bond donors (Lipinski definition) is 2. The molecule has 0 atom stereocenters. The predicted molar refractivity (Wildman–Crippen MR) is 49.2 cm³/mol. The van der Waals surface area contributed by atoms with Crippen LogP contribution in [0.5, 0.6) is 0 Å². The molecule has 1 amide bonds. The third-order valence-corrected chi connectivity index (χ3v) is 1.57. The second-order valence-corrected chi connectivity index (χ2v) is 2.72. The highest BCUT2D eigenvalue weighted by Crippen LogP contribution is 1.92. The molecule has 0 aromatic rings. The van der Waals surface area contributed by atoms with Crippen LogP contribution < -0.4 is 5.32 Å². The van der Waals surface area contributed by atoms with Gasteiger partial charge in [0.2, 0.25) is 0 Å². The largest absolute Gasteiger partial charge is 0.396 e. The Kier molecular flexibility index (Phi) is 5.80. The molecule has 0 fully saturated rings. The van der Waals surface area contributed by atoms with E-state index in [1.807, 2.05) is 0 Å². The van der Waals surface area contributed by atoms with E-state index < -0.39 is 5.91 Å². The number of rotatable bonds is 6. The fraction of sp³-hybridized carbons (Fsp3) is 0.556. The van der Waals surface area contributed by atoms with Crippen molar-refractivity contribution in [1.82, 2.24) is 5.32 Å². The molecule has 2 N–H and O–H groups in total. The third kappa shape index (κ3) is 5.14. The Morgan fingerprint density at radius 2 is 2.00 bits per heavy atom. The van der Waals surface area contributed by atoms with E-state index in [0.717, 1.165) is 0 Å². The zero-order valence-electron chi connectivity index (χ0n) is 7.80. The molecule has 0 spiro atoms. The van der Waals surface area contributed by atoms with Crippen molar-refractivity contribution >= 4 is 11.7 Å². The Balaban J connectivity index is 3.63. The summed E-state index contributed by atoms with van der Waals surface area (Å²) in [6, 6.07) is 0. The molecule has 13 heavy (non-hydrogen) atoms. The van der Waals surface area contributed by atoms with Crippen LogP contribution in [0.2, 0.25) is 0 Å². The smallest absolute Gasteiger partial charge is 0.254 e. The van der Waals surface area contributed by atoms with Gasteiger partial charge in [-0.15, -0.1) is 0 Å². The first-order chi connectivity index (χ1) is 6.09. The molecule has 0 radical (unpaired) electrons. The summed E-state index contributed by atoms with van der Waals surface area (Å²) in [6.45, 7) is 5.22. The second kappa shape index (κ2) is 6.37. The van der Waals surface area contributed by atoms with Crippen LogP contribution in [0, 0.1) is 0 Å². The molecule has 0 bridgehead atoms. The Hall–Kier alpha value is -1.16. The maximum atomic E-state index is 11.1. The first-order valence-corrected chi connectivity index (χ1v) is 4.18. The van der Waals surface area contributed by atoms with Gasteiger partial charge in [-0.3, -0.25) is 9.59 Å². The minimum Gasteiger partial charge on any atom is -0.396 e. The number of ketones is 1. The van der Waals surface area contributed by atoms with E-state index in [1.165, 1.54) is 6.92 Å². The standard InChI is InChI=1S/C9H15NO3/c1-7(8(2)12)9(13)10-5-3-4-6-11/h11H,1,3-6H2,2H3,(H,10,13). The van der Waals surface area contributed by atoms with Gasteiger partial charge in [0, 0.05) is 13.2 Å². The zero-order valence-corrected chi connectivity index (χ0v) is 7.80. The Labute approximate surface area is 77.6 Å². The molecule has 0 rings (SSSR count). The lowest BCUT2D eigenvalue weighted by Crippen LogP contribution is -2.28. The topological polar surface area (TPSA) is 66.4 Å². The number of unbranched alkanes of at least 4 members (excludes halogenated alkanes) is 1. The summed E-state index contributed by atoms with van der Waals surface area (Å²) in [5.74, 6) is -0.745. The van der Waals surface area contributed by atoms with Crippen molar-refractivity contribution in [1.29, 1.82) is 0 Å². The quantitative estimate of drug-likeness (QED) is 0.265. The maximum absolute atomic E-state index is 11.1. The van der Waals surface area contributed by atoms with Crippen molar-refractivity contribution in [3.05, 3.63) is 12.2 Å². The van der Waals surface area contributed by atoms with Crippen molar-refractivity contribution in [2.75, 3.05) is 13.2 Å². The van der Waals surface area contributed by atoms with Crippen LogP contribution in [0.3, 0.4) is 0 Å². The molecule has 0 heterocycles. The van der Waals surface area contributed by atoms with Gasteiger partial charge in [-0.1, -0.05) is 6.58 Å². The number of Topliss-reactive ketones (excluding diaryl/α,β-unsaturated/α-hetero) is 1. The molecule has 74 valence electrons. The summed E-state index contributed by atoms with van der Waals surface area (Å²) in [4.78, 5) is 21.7. The van der Waals surface area contributed by atoms with Crippen LogP contribution in [0.15, 0.2) is 12.2 Å². The van der Waals surface area contributed by atoms with Crippen molar-refractivity contribution in [2.45, 2.75) is 19.8 Å². The predicted octanol–water partition coefficient (Wildman–Crippen LogP) is 0.0203. The van der Waals surface area contributed by atoms with E-state index in [1.54, 1.807) is 0 Å². The highest BCUT2D eigenvalue weighted by molar-refractivity contribution is 6.17. The fourth-order valence-electron chi connectivity index (χ4n) is 0.705. The number of amides is 1. The van der Waals surface area contributed by atoms with Crippen molar-refractivity contribution < 1.29 is 14.7 Å². The van der Waals surface area contributed by atoms with E-state index in [4.69, 9.17) is 5.11 Å². The van der Waals surface area contributed by atoms with Crippen LogP contribution >= 0.6 is 0 Å². The number of carbonyl (C=O) groups excluding carboxylic acids is 2. The fourth-order valence-corrected chi connectivity index (χ4v) is 0.705. The summed E-state index contributed by atoms with van der Waals surface area (Å²) < 4.78 is 0. The molecule has 0 saturated heterocycles. The van der Waals surface area contributed by atoms with E-state index in [2.05, 4.69) is 11.9 Å². The summed E-state index contributed by atoms with van der Waals surface area (Å²) in [5, 5.41) is 11.0. The van der Waals surface area contributed by atoms with Gasteiger partial charge in [-0.25, -0.2) is 0 Å². The van der Waals surface area contributed by atoms with Gasteiger partial charge >= 0.3 is 0 Å². The lowest BCUT2D eigenvalue weighted by Gasteiger charge is -2.03. The lowest BCUT2D eigenvalue weighted by atomic mass is 10.2. The molecule has 4 heteroatoms. The van der Waals surface area contributed by atoms with E-state index in [9.17, 15) is 9.59 Å². The van der Waals surface area contributed by atoms with Gasteiger partial charge in [0.05, 0.1) is 5.57 Å². The van der Waals surface area contributed by atoms with Gasteiger partial charge < -0.3 is 10.4 Å². The van der Waals surface area contributed by atoms with Crippen LogP contribution in [0.25, 0.3) is 0 Å². The third-order valence-electron chi connectivity index (χ3n) is 1.57. The number of aliphatic hydroxyl groups excluding tert-OH is 1. The van der Waals surface area contributed by atoms with Crippen LogP contribution in [0.4, 0.5) is 0 Å². The van der Waals surface area contributed by atoms with Crippen LogP contribution in [-0.2, 0) is 9.59 Å². The summed E-state index contributed by atoms with van der Waals surface area (Å²) >= 11 is 0. The van der Waals surface area contributed by atoms with Gasteiger partial charge in [-0.05, 0) is 19.8 Å². The Bertz CT molecular complexity index is 211. The van der Waals surface area contributed by atoms with Gasteiger partial charge in [0.1, 0.15) is 0 Å². The number of carbonyl (C=O) groups is 2. The Morgan fingerprint density at radius 1 is 1.38 bits per heavy atom. The van der Waals surface area contributed by atoms with Gasteiger partial charge in [-0.2, -0.15) is 0 Å². The van der Waals surface area contributed by atoms with Crippen molar-refractivity contribution in [3.8, 4) is 0 Å². The zero-order chi connectivity index (χ0) is 10.3. The highest BCUT2D eigenvalue weighted by atomic mass is 16.3. The monoisotopic (exact) mass is 185 g/mol. The SMILES string of the molecule is C=C(C(C)=O)C(=O)NCCCCO. The summed E-state index contributed by atoms with van der Waals surface area (Å²) in [6.07, 6.45) is 1.35. The number of nitrogens with one attached hydrogen (secondary N) is 1. The van der Waals surface area contributed by atoms with E-state index in [0.29, 0.717) is 19.4 Å². The van der Waals surface area contributed by atoms with Crippen LogP contribution in [-0.4, -0.2) is 29.9 Å². The minimum atomic E-state index is -0.426. The molecule has 4 nitrogen and oxygen atoms in total. The first-order valence-electron chi connectivity index (χ1n) is 4.18. The average molecular weight is 185 g/mol. The van der Waals surface area contributed by atoms with Crippen molar-refractivity contribution in [3.63, 3.8) is 0 Å². The highest BCUT2D eigenvalue weighted by Gasteiger charge is 2.09. The lowest BCUT2D eigenvalue weighted by molar-refractivity contribution is -0.121. The number of aliphatic hydroxyl groups is 1. The molecular weight excluding hydrogens is 170 g/mol. The molecule has 0 aromatic carbocycles. The van der Waals surface area contributed by atoms with Gasteiger partial charge in [0.15, 0.2) is 5.78 Å². The number of hydrogen-bond acceptors (Lipinski definition) is 3. The minimum absolute atomic E-state index is 0.0241. The normalized spacial score (nSPS) is 9.38. The summed E-state index contributed by atoms with van der Waals surface area (Å²) in [5.41, 5.74) is -0.0241. The van der Waals surface area contributed by atoms with E-state index >= 15 is 0 Å². The molecule has 0 aliphatic heterocycles. The maximum Gasteiger partial charge on any atom is 0.254 e. The second-order valence-electron chi connectivity index (χ2n) is 2.72. The average Bonchev–Trinajstić information content (AvgIpc) is 2.10. The molecular formula is C9H15NO3. The molecule has 0 aliphatic carbocycles. The molecule has 0 aliphatic rings.